The Bertz CT molecular complexity index is 387. The highest BCUT2D eigenvalue weighted by Crippen LogP contribution is 2.10. The smallest absolute Gasteiger partial charge is 0.276 e. The molecular weight excluding hydrogens is 206 g/mol. The number of aromatic amines is 1. The van der Waals surface area contributed by atoms with Gasteiger partial charge in [0, 0.05) is 6.04 Å². The van der Waals surface area contributed by atoms with Gasteiger partial charge in [-0.3, -0.25) is 4.79 Å². The zero-order valence-electron chi connectivity index (χ0n) is 9.95. The van der Waals surface area contributed by atoms with Crippen molar-refractivity contribution >= 4 is 11.5 Å². The van der Waals surface area contributed by atoms with Crippen molar-refractivity contribution in [1.29, 1.82) is 0 Å². The number of nitrogen functional groups attached to an aromatic ring is 1. The highest BCUT2D eigenvalue weighted by atomic mass is 16.1. The normalized spacial score (nSPS) is 12.8. The third-order valence-electron chi connectivity index (χ3n) is 2.28. The maximum absolute atomic E-state index is 11.2. The molecule has 0 saturated heterocycles. The van der Waals surface area contributed by atoms with Gasteiger partial charge in [-0.2, -0.15) is 0 Å². The Morgan fingerprint density at radius 2 is 2.31 bits per heavy atom. The molecule has 16 heavy (non-hydrogen) atoms. The summed E-state index contributed by atoms with van der Waals surface area (Å²) in [5.74, 6) is 0.454. The lowest BCUT2D eigenvalue weighted by molar-refractivity contribution is 0.390. The minimum Gasteiger partial charge on any atom is -0.391 e. The molecule has 6 nitrogen and oxygen atoms in total. The van der Waals surface area contributed by atoms with Gasteiger partial charge in [-0.05, 0) is 34.0 Å². The van der Waals surface area contributed by atoms with Gasteiger partial charge in [0.05, 0.1) is 6.33 Å². The third kappa shape index (κ3) is 3.54. The maximum atomic E-state index is 11.2. The maximum Gasteiger partial charge on any atom is 0.276 e. The Hall–Kier alpha value is -1.56. The van der Waals surface area contributed by atoms with Crippen LogP contribution in [-0.4, -0.2) is 41.5 Å². The van der Waals surface area contributed by atoms with E-state index in [0.29, 0.717) is 5.82 Å². The number of rotatable bonds is 5. The van der Waals surface area contributed by atoms with Crippen LogP contribution < -0.4 is 16.6 Å². The number of nitrogens with two attached hydrogens (primary N) is 1. The van der Waals surface area contributed by atoms with E-state index in [4.69, 9.17) is 5.73 Å². The van der Waals surface area contributed by atoms with Gasteiger partial charge in [0.15, 0.2) is 5.82 Å². The fourth-order valence-corrected chi connectivity index (χ4v) is 1.28. The summed E-state index contributed by atoms with van der Waals surface area (Å²) in [5.41, 5.74) is 5.44. The predicted molar refractivity (Wildman–Crippen MR) is 65.5 cm³/mol. The van der Waals surface area contributed by atoms with Gasteiger partial charge in [0.25, 0.3) is 5.56 Å². The summed E-state index contributed by atoms with van der Waals surface area (Å²) in [5, 5.41) is 3.12. The van der Waals surface area contributed by atoms with Gasteiger partial charge < -0.3 is 20.9 Å². The second-order valence-electron chi connectivity index (χ2n) is 4.13. The van der Waals surface area contributed by atoms with E-state index in [1.54, 1.807) is 0 Å². The second-order valence-corrected chi connectivity index (χ2v) is 4.13. The first-order valence-corrected chi connectivity index (χ1v) is 5.25. The van der Waals surface area contributed by atoms with Crippen molar-refractivity contribution in [3.05, 3.63) is 16.7 Å². The van der Waals surface area contributed by atoms with Gasteiger partial charge in [-0.25, -0.2) is 4.98 Å². The molecule has 4 N–H and O–H groups in total. The Kier molecular flexibility index (Phi) is 4.30. The summed E-state index contributed by atoms with van der Waals surface area (Å²) in [4.78, 5) is 19.7. The number of H-pyrrole nitrogens is 1. The van der Waals surface area contributed by atoms with Crippen molar-refractivity contribution in [2.24, 2.45) is 0 Å². The van der Waals surface area contributed by atoms with Crippen LogP contribution in [0.15, 0.2) is 11.1 Å². The lowest BCUT2D eigenvalue weighted by atomic mass is 10.2. The van der Waals surface area contributed by atoms with E-state index in [2.05, 4.69) is 20.2 Å². The molecule has 1 unspecified atom stereocenters. The quantitative estimate of drug-likeness (QED) is 0.662. The topological polar surface area (TPSA) is 87.0 Å². The van der Waals surface area contributed by atoms with Gasteiger partial charge in [0.2, 0.25) is 0 Å². The lowest BCUT2D eigenvalue weighted by Gasteiger charge is -2.17. The van der Waals surface area contributed by atoms with Gasteiger partial charge in [-0.1, -0.05) is 0 Å². The van der Waals surface area contributed by atoms with Crippen LogP contribution in [0.4, 0.5) is 11.5 Å². The summed E-state index contributed by atoms with van der Waals surface area (Å²) >= 11 is 0. The molecule has 0 amide bonds. The Balaban J connectivity index is 2.59. The predicted octanol–water partition coefficient (Wildman–Crippen LogP) is 0.104. The first-order valence-electron chi connectivity index (χ1n) is 5.25. The average Bonchev–Trinajstić information content (AvgIpc) is 2.22. The van der Waals surface area contributed by atoms with Crippen LogP contribution in [0.1, 0.15) is 13.3 Å². The van der Waals surface area contributed by atoms with E-state index in [9.17, 15) is 4.79 Å². The van der Waals surface area contributed by atoms with E-state index in [0.717, 1.165) is 13.0 Å². The first kappa shape index (κ1) is 12.5. The first-order chi connectivity index (χ1) is 7.50. The lowest BCUT2D eigenvalue weighted by Crippen LogP contribution is -2.25. The van der Waals surface area contributed by atoms with Crippen LogP contribution in [0, 0.1) is 0 Å². The number of hydrogen-bond donors (Lipinski definition) is 3. The molecule has 90 valence electrons. The molecule has 1 rings (SSSR count). The van der Waals surface area contributed by atoms with Gasteiger partial charge in [-0.15, -0.1) is 0 Å². The third-order valence-corrected chi connectivity index (χ3v) is 2.28. The zero-order valence-corrected chi connectivity index (χ0v) is 9.95. The fourth-order valence-electron chi connectivity index (χ4n) is 1.28. The zero-order chi connectivity index (χ0) is 12.1. The molecule has 1 atom stereocenters. The molecule has 0 bridgehead atoms. The minimum absolute atomic E-state index is 0.138. The molecule has 0 aliphatic heterocycles. The molecule has 0 fully saturated rings. The molecule has 0 radical (unpaired) electrons. The summed E-state index contributed by atoms with van der Waals surface area (Å²) < 4.78 is 0. The molecule has 0 saturated carbocycles. The van der Waals surface area contributed by atoms with Crippen LogP contribution in [0.25, 0.3) is 0 Å². The molecule has 0 aliphatic carbocycles. The number of hydrogen-bond acceptors (Lipinski definition) is 5. The summed E-state index contributed by atoms with van der Waals surface area (Å²) in [6, 6.07) is 0.221. The fraction of sp³-hybridized carbons (Fsp3) is 0.600. The van der Waals surface area contributed by atoms with Gasteiger partial charge in [0.1, 0.15) is 5.69 Å². The highest BCUT2D eigenvalue weighted by Gasteiger charge is 2.08. The van der Waals surface area contributed by atoms with E-state index >= 15 is 0 Å². The standard InChI is InChI=1S/C10H19N5O/c1-7(4-5-15(2)3)14-9-8(11)10(16)13-6-12-9/h6-7H,4-5,11H2,1-3H3,(H2,12,13,14,16). The number of nitrogens with zero attached hydrogens (tertiary/aromatic N) is 2. The summed E-state index contributed by atoms with van der Waals surface area (Å²) in [6.07, 6.45) is 2.31. The number of nitrogens with one attached hydrogen (secondary N) is 2. The Labute approximate surface area is 94.9 Å². The van der Waals surface area contributed by atoms with E-state index in [1.807, 2.05) is 21.0 Å². The van der Waals surface area contributed by atoms with Crippen LogP contribution in [0.3, 0.4) is 0 Å². The summed E-state index contributed by atoms with van der Waals surface area (Å²) in [6.45, 7) is 3.00. The van der Waals surface area contributed by atoms with E-state index < -0.39 is 0 Å². The Morgan fingerprint density at radius 3 is 2.94 bits per heavy atom. The van der Waals surface area contributed by atoms with Crippen LogP contribution in [0.2, 0.25) is 0 Å². The van der Waals surface area contributed by atoms with Crippen molar-refractivity contribution in [1.82, 2.24) is 14.9 Å². The molecule has 1 aromatic rings. The highest BCUT2D eigenvalue weighted by molar-refractivity contribution is 5.59. The number of anilines is 2. The van der Waals surface area contributed by atoms with Crippen molar-refractivity contribution in [2.75, 3.05) is 31.7 Å². The van der Waals surface area contributed by atoms with Gasteiger partial charge >= 0.3 is 0 Å². The second kappa shape index (κ2) is 5.50. The number of aromatic nitrogens is 2. The van der Waals surface area contributed by atoms with Crippen LogP contribution in [0.5, 0.6) is 0 Å². The van der Waals surface area contributed by atoms with Crippen LogP contribution in [-0.2, 0) is 0 Å². The monoisotopic (exact) mass is 225 g/mol. The van der Waals surface area contributed by atoms with E-state index in [1.165, 1.54) is 6.33 Å². The summed E-state index contributed by atoms with van der Waals surface area (Å²) in [7, 11) is 4.04. The Morgan fingerprint density at radius 1 is 1.62 bits per heavy atom. The van der Waals surface area contributed by atoms with Crippen molar-refractivity contribution in [3.63, 3.8) is 0 Å². The molecule has 0 aliphatic rings. The molecule has 1 heterocycles. The SMILES string of the molecule is CC(CCN(C)C)Nc1nc[nH]c(=O)c1N. The molecule has 0 aromatic carbocycles. The van der Waals surface area contributed by atoms with Crippen LogP contribution >= 0.6 is 0 Å². The van der Waals surface area contributed by atoms with E-state index in [-0.39, 0.29) is 17.3 Å². The molecule has 6 heteroatoms. The van der Waals surface area contributed by atoms with Crippen molar-refractivity contribution in [3.8, 4) is 0 Å². The molecule has 1 aromatic heterocycles. The van der Waals surface area contributed by atoms with Crippen molar-refractivity contribution < 1.29 is 0 Å². The molecular formula is C10H19N5O. The van der Waals surface area contributed by atoms with Crippen molar-refractivity contribution in [2.45, 2.75) is 19.4 Å². The molecule has 0 spiro atoms. The largest absolute Gasteiger partial charge is 0.391 e. The average molecular weight is 225 g/mol. The minimum atomic E-state index is -0.308.